The highest BCUT2D eigenvalue weighted by Crippen LogP contribution is 2.20. The predicted molar refractivity (Wildman–Crippen MR) is 27.0 cm³/mol. The van der Waals surface area contributed by atoms with Gasteiger partial charge in [0.2, 0.25) is 0 Å². The third kappa shape index (κ3) is 1.50. The summed E-state index contributed by atoms with van der Waals surface area (Å²) in [5.41, 5.74) is 0. The molecule has 1 saturated heterocycles. The molecular formula is H2O3S2Si. The minimum atomic E-state index is -0.691. The molecule has 0 aromatic rings. The van der Waals surface area contributed by atoms with Gasteiger partial charge >= 0.3 is 10.0 Å². The molecule has 1 heterocycles. The van der Waals surface area contributed by atoms with Crippen LogP contribution < -0.4 is 0 Å². The molecule has 0 bridgehead atoms. The third-order valence-electron chi connectivity index (χ3n) is 0.248. The van der Waals surface area contributed by atoms with Crippen LogP contribution in [-0.2, 0) is 11.4 Å². The van der Waals surface area contributed by atoms with E-state index in [9.17, 15) is 0 Å². The van der Waals surface area contributed by atoms with Gasteiger partial charge in [-0.3, -0.25) is 0 Å². The van der Waals surface area contributed by atoms with Gasteiger partial charge in [-0.2, -0.15) is 3.63 Å². The normalized spacial score (nSPS) is 24.0. The van der Waals surface area contributed by atoms with E-state index < -0.39 is 10.0 Å². The van der Waals surface area contributed by atoms with Gasteiger partial charge in [0.1, 0.15) is 0 Å². The van der Waals surface area contributed by atoms with Crippen molar-refractivity contribution in [3.8, 4) is 0 Å². The summed E-state index contributed by atoms with van der Waals surface area (Å²) in [5.74, 6) is 0. The summed E-state index contributed by atoms with van der Waals surface area (Å²) in [7, 11) is -0.691. The van der Waals surface area contributed by atoms with E-state index in [0.29, 0.717) is 0 Å². The number of hydrogen-bond donors (Lipinski definition) is 0. The smallest absolute Gasteiger partial charge is 0.309 e. The maximum absolute atomic E-state index is 4.66. The van der Waals surface area contributed by atoms with Crippen molar-refractivity contribution in [2.24, 2.45) is 0 Å². The van der Waals surface area contributed by atoms with Gasteiger partial charge in [0.25, 0.3) is 0 Å². The Morgan fingerprint density at radius 2 is 1.83 bits per heavy atom. The van der Waals surface area contributed by atoms with Crippen LogP contribution in [0.2, 0.25) is 0 Å². The molecular weight excluding hydrogens is 140 g/mol. The molecule has 6 heavy (non-hydrogen) atoms. The van der Waals surface area contributed by atoms with Crippen LogP contribution in [0, 0.1) is 0 Å². The zero-order valence-electron chi connectivity index (χ0n) is 2.75. The molecule has 0 aliphatic carbocycles. The van der Waals surface area contributed by atoms with Gasteiger partial charge in [0, 0.05) is 0 Å². The van der Waals surface area contributed by atoms with Gasteiger partial charge in [-0.25, -0.2) is 0 Å². The van der Waals surface area contributed by atoms with E-state index in [4.69, 9.17) is 0 Å². The first-order valence-corrected chi connectivity index (χ1v) is 3.73. The fourth-order valence-electron chi connectivity index (χ4n) is 0.110. The Labute approximate surface area is 46.6 Å². The zero-order valence-corrected chi connectivity index (χ0v) is 5.80. The second-order valence-electron chi connectivity index (χ2n) is 0.558. The Hall–Kier alpha value is 0.797. The summed E-state index contributed by atoms with van der Waals surface area (Å²) in [6, 6.07) is 0. The second kappa shape index (κ2) is 2.89. The molecule has 1 fully saturated rings. The van der Waals surface area contributed by atoms with E-state index in [2.05, 4.69) is 11.4 Å². The van der Waals surface area contributed by atoms with E-state index in [1.165, 1.54) is 0 Å². The lowest BCUT2D eigenvalue weighted by molar-refractivity contribution is 0.456. The Bertz CT molecular complexity index is 24.3. The van der Waals surface area contributed by atoms with Crippen LogP contribution in [0.15, 0.2) is 0 Å². The average Bonchev–Trinajstić information content (AvgIpc) is 1.72. The first-order valence-electron chi connectivity index (χ1n) is 1.24. The molecule has 36 valence electrons. The van der Waals surface area contributed by atoms with Gasteiger partial charge in [0.15, 0.2) is 24.6 Å². The molecule has 0 atom stereocenters. The van der Waals surface area contributed by atoms with Crippen molar-refractivity contribution in [2.45, 2.75) is 0 Å². The number of hydrogen-bond acceptors (Lipinski definition) is 5. The molecule has 0 radical (unpaired) electrons. The van der Waals surface area contributed by atoms with Crippen molar-refractivity contribution in [1.82, 2.24) is 0 Å². The highest BCUT2D eigenvalue weighted by atomic mass is 32.3. The SMILES string of the molecule is O1[SiH2]OSOS1. The van der Waals surface area contributed by atoms with Crippen LogP contribution in [0.25, 0.3) is 0 Å². The van der Waals surface area contributed by atoms with E-state index in [1.54, 1.807) is 0 Å². The molecule has 0 unspecified atom stereocenters. The van der Waals surface area contributed by atoms with Crippen molar-refractivity contribution in [3.05, 3.63) is 0 Å². The molecule has 3 nitrogen and oxygen atoms in total. The molecule has 1 aliphatic rings. The summed E-state index contributed by atoms with van der Waals surface area (Å²) < 4.78 is 13.8. The van der Waals surface area contributed by atoms with E-state index in [0.717, 1.165) is 24.6 Å². The molecule has 0 saturated carbocycles. The lowest BCUT2D eigenvalue weighted by Gasteiger charge is -2.04. The minimum Gasteiger partial charge on any atom is -0.309 e. The quantitative estimate of drug-likeness (QED) is 0.355. The Morgan fingerprint density at radius 3 is 2.00 bits per heavy atom. The van der Waals surface area contributed by atoms with Crippen molar-refractivity contribution < 1.29 is 11.4 Å². The Kier molecular flexibility index (Phi) is 2.38. The Balaban J connectivity index is 2.00. The summed E-state index contributed by atoms with van der Waals surface area (Å²) in [5, 5.41) is 0. The van der Waals surface area contributed by atoms with Crippen LogP contribution in [0.1, 0.15) is 0 Å². The zero-order chi connectivity index (χ0) is 4.24. The average molecular weight is 142 g/mol. The minimum absolute atomic E-state index is 0.691. The maximum Gasteiger partial charge on any atom is 0.338 e. The van der Waals surface area contributed by atoms with E-state index in [1.807, 2.05) is 0 Å². The van der Waals surface area contributed by atoms with Crippen molar-refractivity contribution >= 4 is 34.7 Å². The van der Waals surface area contributed by atoms with Gasteiger partial charge in [0.05, 0.1) is 0 Å². The summed E-state index contributed by atoms with van der Waals surface area (Å²) in [6.07, 6.45) is 0. The van der Waals surface area contributed by atoms with Crippen LogP contribution in [0.4, 0.5) is 0 Å². The molecule has 0 spiro atoms. The van der Waals surface area contributed by atoms with Gasteiger partial charge in [-0.15, -0.1) is 0 Å². The maximum atomic E-state index is 4.66. The molecule has 1 aliphatic heterocycles. The topological polar surface area (TPSA) is 27.7 Å². The standard InChI is InChI=1S/H2O3S2Si/c1-4-2-6-3-5-1/h6H2. The summed E-state index contributed by atoms with van der Waals surface area (Å²) >= 11 is 1.99. The lowest BCUT2D eigenvalue weighted by atomic mass is 15.7. The van der Waals surface area contributed by atoms with Crippen LogP contribution in [0.5, 0.6) is 0 Å². The lowest BCUT2D eigenvalue weighted by Crippen LogP contribution is -1.97. The van der Waals surface area contributed by atoms with Gasteiger partial charge in [-0.05, 0) is 0 Å². The molecule has 6 heteroatoms. The molecule has 0 aromatic heterocycles. The highest BCUT2D eigenvalue weighted by molar-refractivity contribution is 8.04. The first kappa shape index (κ1) is 4.94. The molecule has 0 amide bonds. The van der Waals surface area contributed by atoms with Gasteiger partial charge < -0.3 is 7.74 Å². The molecule has 1 rings (SSSR count). The molecule has 0 aromatic carbocycles. The third-order valence-corrected chi connectivity index (χ3v) is 2.23. The summed E-state index contributed by atoms with van der Waals surface area (Å²) in [4.78, 5) is 0. The van der Waals surface area contributed by atoms with Crippen LogP contribution in [-0.4, -0.2) is 10.0 Å². The highest BCUT2D eigenvalue weighted by Gasteiger charge is 2.00. The largest absolute Gasteiger partial charge is 0.338 e. The fourth-order valence-corrected chi connectivity index (χ4v) is 2.05. The van der Waals surface area contributed by atoms with Crippen LogP contribution in [0.3, 0.4) is 0 Å². The number of rotatable bonds is 0. The van der Waals surface area contributed by atoms with Crippen molar-refractivity contribution in [3.63, 3.8) is 0 Å². The van der Waals surface area contributed by atoms with Crippen molar-refractivity contribution in [2.75, 3.05) is 0 Å². The Morgan fingerprint density at radius 1 is 1.17 bits per heavy atom. The van der Waals surface area contributed by atoms with E-state index >= 15 is 0 Å². The van der Waals surface area contributed by atoms with Crippen molar-refractivity contribution in [1.29, 1.82) is 0 Å². The fraction of sp³-hybridized carbons (Fsp3) is 0. The second-order valence-corrected chi connectivity index (χ2v) is 3.50. The first-order chi connectivity index (χ1) is 3.00. The molecule has 0 N–H and O–H groups in total. The van der Waals surface area contributed by atoms with E-state index in [-0.39, 0.29) is 0 Å². The monoisotopic (exact) mass is 142 g/mol. The summed E-state index contributed by atoms with van der Waals surface area (Å²) in [6.45, 7) is 0. The predicted octanol–water partition coefficient (Wildman–Crippen LogP) is 0.175. The van der Waals surface area contributed by atoms with Crippen LogP contribution >= 0.6 is 24.6 Å². The van der Waals surface area contributed by atoms with Gasteiger partial charge in [-0.1, -0.05) is 0 Å².